The van der Waals surface area contributed by atoms with Gasteiger partial charge in [-0.15, -0.1) is 0 Å². The zero-order valence-corrected chi connectivity index (χ0v) is 9.61. The second-order valence-electron chi connectivity index (χ2n) is 4.47. The third kappa shape index (κ3) is 4.52. The molecule has 0 saturated heterocycles. The topological polar surface area (TPSA) is 83.6 Å². The van der Waals surface area contributed by atoms with Crippen molar-refractivity contribution in [1.82, 2.24) is 4.90 Å². The molecule has 8 heteroatoms. The number of rotatable bonds is 4. The van der Waals surface area contributed by atoms with Crippen LogP contribution in [0.3, 0.4) is 0 Å². The number of carbonyl (C=O) groups is 2. The maximum Gasteiger partial charge on any atom is 0.406 e. The fourth-order valence-corrected chi connectivity index (χ4v) is 2.09. The van der Waals surface area contributed by atoms with Crippen molar-refractivity contribution in [2.75, 3.05) is 13.1 Å². The molecule has 2 atom stereocenters. The molecule has 0 aliphatic heterocycles. The van der Waals surface area contributed by atoms with Gasteiger partial charge in [-0.05, 0) is 19.3 Å². The number of nitrogens with two attached hydrogens (primary N) is 1. The van der Waals surface area contributed by atoms with Crippen LogP contribution in [-0.4, -0.2) is 47.2 Å². The SMILES string of the molecule is NC1CCC(C(=O)N(CC(=O)O)CC(F)(F)F)C1. The lowest BCUT2D eigenvalue weighted by atomic mass is 10.1. The molecule has 0 aromatic heterocycles. The summed E-state index contributed by atoms with van der Waals surface area (Å²) in [5.74, 6) is -2.83. The molecule has 1 aliphatic rings. The van der Waals surface area contributed by atoms with Crippen LogP contribution in [0.4, 0.5) is 13.2 Å². The zero-order valence-electron chi connectivity index (χ0n) is 9.61. The van der Waals surface area contributed by atoms with Gasteiger partial charge in [0.05, 0.1) is 0 Å². The zero-order chi connectivity index (χ0) is 13.9. The molecular weight excluding hydrogens is 253 g/mol. The van der Waals surface area contributed by atoms with Gasteiger partial charge in [-0.1, -0.05) is 0 Å². The molecular formula is C10H15F3N2O3. The van der Waals surface area contributed by atoms with Crippen LogP contribution in [0.25, 0.3) is 0 Å². The van der Waals surface area contributed by atoms with Crippen molar-refractivity contribution >= 4 is 11.9 Å². The Morgan fingerprint density at radius 3 is 2.33 bits per heavy atom. The van der Waals surface area contributed by atoms with Crippen molar-refractivity contribution in [3.8, 4) is 0 Å². The summed E-state index contributed by atoms with van der Waals surface area (Å²) in [6, 6.07) is -0.198. The van der Waals surface area contributed by atoms with E-state index in [4.69, 9.17) is 10.8 Å². The van der Waals surface area contributed by atoms with E-state index >= 15 is 0 Å². The Hall–Kier alpha value is -1.31. The number of carboxylic acid groups (broad SMARTS) is 1. The van der Waals surface area contributed by atoms with Crippen molar-refractivity contribution < 1.29 is 27.9 Å². The van der Waals surface area contributed by atoms with Gasteiger partial charge in [-0.2, -0.15) is 13.2 Å². The Bertz CT molecular complexity index is 333. The molecule has 18 heavy (non-hydrogen) atoms. The second-order valence-corrected chi connectivity index (χ2v) is 4.47. The maximum absolute atomic E-state index is 12.3. The molecule has 5 nitrogen and oxygen atoms in total. The summed E-state index contributed by atoms with van der Waals surface area (Å²) < 4.78 is 36.8. The average Bonchev–Trinajstić information content (AvgIpc) is 2.59. The van der Waals surface area contributed by atoms with Crippen LogP contribution < -0.4 is 5.73 Å². The largest absolute Gasteiger partial charge is 0.480 e. The van der Waals surface area contributed by atoms with Gasteiger partial charge in [0.2, 0.25) is 5.91 Å². The predicted octanol–water partition coefficient (Wildman–Crippen LogP) is 0.589. The minimum Gasteiger partial charge on any atom is -0.480 e. The number of carboxylic acids is 1. The Morgan fingerprint density at radius 2 is 1.94 bits per heavy atom. The third-order valence-corrected chi connectivity index (χ3v) is 2.83. The van der Waals surface area contributed by atoms with Crippen LogP contribution >= 0.6 is 0 Å². The van der Waals surface area contributed by atoms with Gasteiger partial charge >= 0.3 is 12.1 Å². The van der Waals surface area contributed by atoms with Gasteiger partial charge in [0.25, 0.3) is 0 Å². The minimum absolute atomic E-state index is 0.198. The van der Waals surface area contributed by atoms with E-state index in [1.165, 1.54) is 0 Å². The van der Waals surface area contributed by atoms with Crippen molar-refractivity contribution in [3.05, 3.63) is 0 Å². The number of aliphatic carboxylic acids is 1. The van der Waals surface area contributed by atoms with Crippen molar-refractivity contribution in [3.63, 3.8) is 0 Å². The second kappa shape index (κ2) is 5.55. The van der Waals surface area contributed by atoms with Crippen LogP contribution in [0, 0.1) is 5.92 Å². The highest BCUT2D eigenvalue weighted by molar-refractivity contribution is 5.83. The van der Waals surface area contributed by atoms with E-state index in [0.717, 1.165) is 0 Å². The first kappa shape index (κ1) is 14.7. The van der Waals surface area contributed by atoms with E-state index < -0.39 is 37.1 Å². The monoisotopic (exact) mass is 268 g/mol. The normalized spacial score (nSPS) is 24.0. The quantitative estimate of drug-likeness (QED) is 0.781. The number of halogens is 3. The van der Waals surface area contributed by atoms with E-state index in [2.05, 4.69) is 0 Å². The summed E-state index contributed by atoms with van der Waals surface area (Å²) in [6.07, 6.45) is -3.31. The number of carbonyl (C=O) groups excluding carboxylic acids is 1. The van der Waals surface area contributed by atoms with Crippen LogP contribution in [-0.2, 0) is 9.59 Å². The van der Waals surface area contributed by atoms with Crippen LogP contribution in [0.5, 0.6) is 0 Å². The molecule has 1 amide bonds. The van der Waals surface area contributed by atoms with Gasteiger partial charge in [0, 0.05) is 12.0 Å². The van der Waals surface area contributed by atoms with E-state index in [0.29, 0.717) is 24.2 Å². The molecule has 104 valence electrons. The summed E-state index contributed by atoms with van der Waals surface area (Å²) in [5, 5.41) is 8.54. The number of amides is 1. The van der Waals surface area contributed by atoms with Crippen molar-refractivity contribution in [2.45, 2.75) is 31.5 Å². The summed E-state index contributed by atoms with van der Waals surface area (Å²) >= 11 is 0. The Morgan fingerprint density at radius 1 is 1.33 bits per heavy atom. The van der Waals surface area contributed by atoms with Crippen LogP contribution in [0.2, 0.25) is 0 Å². The summed E-state index contributed by atoms with van der Waals surface area (Å²) in [4.78, 5) is 22.6. The molecule has 0 radical (unpaired) electrons. The third-order valence-electron chi connectivity index (χ3n) is 2.83. The molecule has 0 bridgehead atoms. The van der Waals surface area contributed by atoms with E-state index in [1.807, 2.05) is 0 Å². The Balaban J connectivity index is 2.69. The molecule has 0 heterocycles. The van der Waals surface area contributed by atoms with Crippen LogP contribution in [0.1, 0.15) is 19.3 Å². The highest BCUT2D eigenvalue weighted by Crippen LogP contribution is 2.27. The Kier molecular flexibility index (Phi) is 4.55. The molecule has 1 fully saturated rings. The first-order chi connectivity index (χ1) is 8.19. The fourth-order valence-electron chi connectivity index (χ4n) is 2.09. The lowest BCUT2D eigenvalue weighted by Crippen LogP contribution is -2.44. The van der Waals surface area contributed by atoms with Gasteiger partial charge in [0.1, 0.15) is 13.1 Å². The van der Waals surface area contributed by atoms with Gasteiger partial charge in [-0.25, -0.2) is 0 Å². The highest BCUT2D eigenvalue weighted by atomic mass is 19.4. The van der Waals surface area contributed by atoms with Gasteiger partial charge in [0.15, 0.2) is 0 Å². The van der Waals surface area contributed by atoms with Crippen LogP contribution in [0.15, 0.2) is 0 Å². The number of hydrogen-bond donors (Lipinski definition) is 2. The van der Waals surface area contributed by atoms with Gasteiger partial charge in [-0.3, -0.25) is 9.59 Å². The van der Waals surface area contributed by atoms with E-state index in [9.17, 15) is 22.8 Å². The maximum atomic E-state index is 12.3. The molecule has 0 aromatic rings. The number of nitrogens with zero attached hydrogens (tertiary/aromatic N) is 1. The number of hydrogen-bond acceptors (Lipinski definition) is 3. The van der Waals surface area contributed by atoms with Crippen molar-refractivity contribution in [1.29, 1.82) is 0 Å². The molecule has 1 aliphatic carbocycles. The number of alkyl halides is 3. The van der Waals surface area contributed by atoms with E-state index in [-0.39, 0.29) is 6.04 Å². The highest BCUT2D eigenvalue weighted by Gasteiger charge is 2.38. The lowest BCUT2D eigenvalue weighted by molar-refractivity contribution is -0.167. The van der Waals surface area contributed by atoms with Gasteiger partial charge < -0.3 is 15.7 Å². The Labute approximate surface area is 102 Å². The predicted molar refractivity (Wildman–Crippen MR) is 55.6 cm³/mol. The fraction of sp³-hybridized carbons (Fsp3) is 0.800. The molecule has 0 spiro atoms. The molecule has 1 saturated carbocycles. The first-order valence-electron chi connectivity index (χ1n) is 5.52. The molecule has 2 unspecified atom stereocenters. The first-order valence-corrected chi connectivity index (χ1v) is 5.52. The minimum atomic E-state index is -4.61. The van der Waals surface area contributed by atoms with E-state index in [1.54, 1.807) is 0 Å². The standard InChI is InChI=1S/C10H15F3N2O3/c11-10(12,13)5-15(4-8(16)17)9(18)6-1-2-7(14)3-6/h6-7H,1-5,14H2,(H,16,17). The smallest absolute Gasteiger partial charge is 0.406 e. The molecule has 1 rings (SSSR count). The summed E-state index contributed by atoms with van der Waals surface area (Å²) in [6.45, 7) is -2.48. The summed E-state index contributed by atoms with van der Waals surface area (Å²) in [7, 11) is 0. The molecule has 3 N–H and O–H groups in total. The molecule has 0 aromatic carbocycles. The van der Waals surface area contributed by atoms with Crippen molar-refractivity contribution in [2.24, 2.45) is 11.7 Å². The average molecular weight is 268 g/mol. The summed E-state index contributed by atoms with van der Waals surface area (Å²) in [5.41, 5.74) is 5.58. The lowest BCUT2D eigenvalue weighted by Gasteiger charge is -2.25.